The highest BCUT2D eigenvalue weighted by Gasteiger charge is 2.23. The van der Waals surface area contributed by atoms with Gasteiger partial charge in [0.05, 0.1) is 0 Å². The van der Waals surface area contributed by atoms with Crippen LogP contribution in [0.3, 0.4) is 0 Å². The van der Waals surface area contributed by atoms with Crippen LogP contribution in [0.25, 0.3) is 0 Å². The lowest BCUT2D eigenvalue weighted by Crippen LogP contribution is -2.35. The first-order valence-electron chi connectivity index (χ1n) is 7.40. The number of benzene rings is 1. The first-order chi connectivity index (χ1) is 9.31. The molecule has 2 unspecified atom stereocenters. The topological polar surface area (TPSA) is 21.3 Å². The molecule has 0 radical (unpaired) electrons. The third kappa shape index (κ3) is 3.46. The molecule has 0 amide bonds. The molecular formula is C16H23NOS. The van der Waals surface area contributed by atoms with Crippen LogP contribution >= 0.6 is 11.8 Å². The number of ether oxygens (including phenoxy) is 1. The first-order valence-corrected chi connectivity index (χ1v) is 8.44. The second-order valence-electron chi connectivity index (χ2n) is 5.70. The molecule has 2 nitrogen and oxygen atoms in total. The third-order valence-corrected chi connectivity index (χ3v) is 5.37. The minimum absolute atomic E-state index is 0.324. The minimum Gasteiger partial charge on any atom is -0.488 e. The van der Waals surface area contributed by atoms with Gasteiger partial charge in [0.2, 0.25) is 0 Å². The molecule has 3 heteroatoms. The molecule has 2 atom stereocenters. The Hall–Kier alpha value is -0.670. The molecular weight excluding hydrogens is 254 g/mol. The zero-order valence-electron chi connectivity index (χ0n) is 11.7. The van der Waals surface area contributed by atoms with Crippen molar-refractivity contribution in [2.75, 3.05) is 18.8 Å². The largest absolute Gasteiger partial charge is 0.488 e. The van der Waals surface area contributed by atoms with Gasteiger partial charge < -0.3 is 10.1 Å². The van der Waals surface area contributed by atoms with Crippen LogP contribution in [0.4, 0.5) is 0 Å². The third-order valence-electron chi connectivity index (χ3n) is 3.98. The van der Waals surface area contributed by atoms with E-state index in [1.165, 1.54) is 36.1 Å². The van der Waals surface area contributed by atoms with Crippen molar-refractivity contribution in [3.63, 3.8) is 0 Å². The van der Waals surface area contributed by atoms with Gasteiger partial charge in [-0.3, -0.25) is 0 Å². The molecule has 1 saturated heterocycles. The second-order valence-corrected chi connectivity index (χ2v) is 7.11. The van der Waals surface area contributed by atoms with Crippen LogP contribution in [0.15, 0.2) is 18.2 Å². The molecule has 1 aromatic carbocycles. The standard InChI is InChI=1S/C16H23NOS/c1-12-5-6-16-13(8-12)9-14(18-16)10-17-11-15-4-2-3-7-19-15/h5-6,8,14-15,17H,2-4,7,9-11H2,1H3. The Kier molecular flexibility index (Phi) is 4.34. The molecule has 2 aliphatic heterocycles. The van der Waals surface area contributed by atoms with E-state index in [0.29, 0.717) is 6.10 Å². The SMILES string of the molecule is Cc1ccc2c(c1)CC(CNCC1CCCCS1)O2. The van der Waals surface area contributed by atoms with Crippen LogP contribution in [0.2, 0.25) is 0 Å². The Morgan fingerprint density at radius 2 is 2.26 bits per heavy atom. The lowest BCUT2D eigenvalue weighted by molar-refractivity contribution is 0.227. The highest BCUT2D eigenvalue weighted by molar-refractivity contribution is 7.99. The maximum Gasteiger partial charge on any atom is 0.123 e. The first kappa shape index (κ1) is 13.3. The second kappa shape index (κ2) is 6.19. The summed E-state index contributed by atoms with van der Waals surface area (Å²) in [6, 6.07) is 6.50. The zero-order valence-corrected chi connectivity index (χ0v) is 12.5. The van der Waals surface area contributed by atoms with E-state index in [9.17, 15) is 0 Å². The predicted octanol–water partition coefficient (Wildman–Crippen LogP) is 3.17. The van der Waals surface area contributed by atoms with Gasteiger partial charge >= 0.3 is 0 Å². The summed E-state index contributed by atoms with van der Waals surface area (Å²) in [6.45, 7) is 4.26. The van der Waals surface area contributed by atoms with Crippen LogP contribution < -0.4 is 10.1 Å². The van der Waals surface area contributed by atoms with E-state index in [4.69, 9.17) is 4.74 Å². The highest BCUT2D eigenvalue weighted by atomic mass is 32.2. The summed E-state index contributed by atoms with van der Waals surface area (Å²) in [5.41, 5.74) is 2.70. The lowest BCUT2D eigenvalue weighted by Gasteiger charge is -2.22. The van der Waals surface area contributed by atoms with E-state index >= 15 is 0 Å². The Labute approximate surface area is 120 Å². The van der Waals surface area contributed by atoms with Crippen molar-refractivity contribution in [1.29, 1.82) is 0 Å². The van der Waals surface area contributed by atoms with E-state index in [1.807, 2.05) is 0 Å². The van der Waals surface area contributed by atoms with Crippen molar-refractivity contribution in [2.24, 2.45) is 0 Å². The number of thioether (sulfide) groups is 1. The van der Waals surface area contributed by atoms with Crippen molar-refractivity contribution >= 4 is 11.8 Å². The highest BCUT2D eigenvalue weighted by Crippen LogP contribution is 2.29. The summed E-state index contributed by atoms with van der Waals surface area (Å²) < 4.78 is 5.98. The Bertz CT molecular complexity index is 429. The molecule has 104 valence electrons. The summed E-state index contributed by atoms with van der Waals surface area (Å²) in [5.74, 6) is 2.43. The van der Waals surface area contributed by atoms with Gasteiger partial charge in [-0.1, -0.05) is 24.1 Å². The number of hydrogen-bond acceptors (Lipinski definition) is 3. The molecule has 1 fully saturated rings. The normalized spacial score (nSPS) is 25.9. The monoisotopic (exact) mass is 277 g/mol. The van der Waals surface area contributed by atoms with Crippen LogP contribution in [-0.2, 0) is 6.42 Å². The van der Waals surface area contributed by atoms with Crippen LogP contribution in [0, 0.1) is 6.92 Å². The molecule has 2 aliphatic rings. The van der Waals surface area contributed by atoms with Gasteiger partial charge in [0.15, 0.2) is 0 Å². The van der Waals surface area contributed by atoms with Gasteiger partial charge in [0.1, 0.15) is 11.9 Å². The van der Waals surface area contributed by atoms with Crippen molar-refractivity contribution < 1.29 is 4.74 Å². The van der Waals surface area contributed by atoms with Crippen LogP contribution in [0.1, 0.15) is 30.4 Å². The van der Waals surface area contributed by atoms with E-state index in [-0.39, 0.29) is 0 Å². The summed E-state index contributed by atoms with van der Waals surface area (Å²) >= 11 is 2.13. The average molecular weight is 277 g/mol. The fourth-order valence-electron chi connectivity index (χ4n) is 2.94. The Balaban J connectivity index is 1.43. The van der Waals surface area contributed by atoms with Gasteiger partial charge in [-0.15, -0.1) is 0 Å². The number of aryl methyl sites for hydroxylation is 1. The molecule has 0 aliphatic carbocycles. The lowest BCUT2D eigenvalue weighted by atomic mass is 10.1. The molecule has 1 aromatic rings. The van der Waals surface area contributed by atoms with Crippen molar-refractivity contribution in [1.82, 2.24) is 5.32 Å². The summed E-state index contributed by atoms with van der Waals surface area (Å²) in [7, 11) is 0. The van der Waals surface area contributed by atoms with Crippen LogP contribution in [-0.4, -0.2) is 30.2 Å². The number of nitrogens with one attached hydrogen (secondary N) is 1. The van der Waals surface area contributed by atoms with Gasteiger partial charge in [0, 0.05) is 24.8 Å². The average Bonchev–Trinajstić information content (AvgIpc) is 2.82. The van der Waals surface area contributed by atoms with Crippen LogP contribution in [0.5, 0.6) is 5.75 Å². The van der Waals surface area contributed by atoms with Crippen molar-refractivity contribution in [2.45, 2.75) is 44.0 Å². The van der Waals surface area contributed by atoms with Gasteiger partial charge in [-0.25, -0.2) is 0 Å². The quantitative estimate of drug-likeness (QED) is 0.913. The van der Waals surface area contributed by atoms with E-state index in [1.54, 1.807) is 0 Å². The molecule has 0 aromatic heterocycles. The molecule has 0 spiro atoms. The van der Waals surface area contributed by atoms with Crippen molar-refractivity contribution in [3.8, 4) is 5.75 Å². The number of hydrogen-bond donors (Lipinski definition) is 1. The molecule has 0 bridgehead atoms. The van der Waals surface area contributed by atoms with E-state index in [2.05, 4.69) is 42.2 Å². The fourth-order valence-corrected chi connectivity index (χ4v) is 4.21. The summed E-state index contributed by atoms with van der Waals surface area (Å²) in [5, 5.41) is 4.42. The van der Waals surface area contributed by atoms with E-state index in [0.717, 1.165) is 30.5 Å². The molecule has 3 rings (SSSR count). The smallest absolute Gasteiger partial charge is 0.123 e. The number of fused-ring (bicyclic) bond motifs is 1. The molecule has 0 saturated carbocycles. The Morgan fingerprint density at radius 3 is 3.11 bits per heavy atom. The summed E-state index contributed by atoms with van der Waals surface area (Å²) in [6.07, 6.45) is 5.57. The molecule has 1 N–H and O–H groups in total. The zero-order chi connectivity index (χ0) is 13.1. The van der Waals surface area contributed by atoms with Gasteiger partial charge in [0.25, 0.3) is 0 Å². The van der Waals surface area contributed by atoms with Crippen molar-refractivity contribution in [3.05, 3.63) is 29.3 Å². The van der Waals surface area contributed by atoms with Gasteiger partial charge in [-0.2, -0.15) is 11.8 Å². The van der Waals surface area contributed by atoms with Gasteiger partial charge in [-0.05, 0) is 37.1 Å². The predicted molar refractivity (Wildman–Crippen MR) is 82.3 cm³/mol. The minimum atomic E-state index is 0.324. The fraction of sp³-hybridized carbons (Fsp3) is 0.625. The summed E-state index contributed by atoms with van der Waals surface area (Å²) in [4.78, 5) is 0. The maximum atomic E-state index is 5.98. The molecule has 2 heterocycles. The number of rotatable bonds is 4. The van der Waals surface area contributed by atoms with E-state index < -0.39 is 0 Å². The molecule has 19 heavy (non-hydrogen) atoms. The Morgan fingerprint density at radius 1 is 1.32 bits per heavy atom. The maximum absolute atomic E-state index is 5.98.